The summed E-state index contributed by atoms with van der Waals surface area (Å²) in [6.45, 7) is 25.7. The normalized spacial score (nSPS) is 13.0. The number of aryl methyl sites for hydroxylation is 1. The quantitative estimate of drug-likeness (QED) is 0.352. The Morgan fingerprint density at radius 3 is 2.37 bits per heavy atom. The fraction of sp³-hybridized carbons (Fsp3) is 0.571. The van der Waals surface area contributed by atoms with E-state index in [4.69, 9.17) is 0 Å². The smallest absolute Gasteiger partial charge is 0.0438 e. The first-order valence-electron chi connectivity index (χ1n) is 11.5. The van der Waals surface area contributed by atoms with Gasteiger partial charge < -0.3 is 10.2 Å². The lowest BCUT2D eigenvalue weighted by molar-refractivity contribution is 0.305. The molecule has 2 heteroatoms. The first-order valence-corrected chi connectivity index (χ1v) is 11.5. The topological polar surface area (TPSA) is 15.3 Å². The van der Waals surface area contributed by atoms with Crippen LogP contribution in [0.25, 0.3) is 6.08 Å². The summed E-state index contributed by atoms with van der Waals surface area (Å²) in [5.41, 5.74) is 6.28. The predicted molar refractivity (Wildman–Crippen MR) is 137 cm³/mol. The Labute approximate surface area is 187 Å². The van der Waals surface area contributed by atoms with Gasteiger partial charge in [0.2, 0.25) is 0 Å². The number of hydrogen-bond acceptors (Lipinski definition) is 2. The number of nitrogens with one attached hydrogen (secondary N) is 1. The van der Waals surface area contributed by atoms with Crippen LogP contribution in [0.15, 0.2) is 48.8 Å². The van der Waals surface area contributed by atoms with Crippen LogP contribution in [-0.2, 0) is 0 Å². The molecule has 0 fully saturated rings. The van der Waals surface area contributed by atoms with Crippen LogP contribution in [-0.4, -0.2) is 13.6 Å². The largest absolute Gasteiger partial charge is 0.389 e. The molecule has 0 heterocycles. The molecule has 0 spiro atoms. The van der Waals surface area contributed by atoms with Crippen molar-refractivity contribution in [3.63, 3.8) is 0 Å². The van der Waals surface area contributed by atoms with E-state index in [1.165, 1.54) is 41.8 Å². The maximum atomic E-state index is 4.53. The molecule has 168 valence electrons. The van der Waals surface area contributed by atoms with E-state index >= 15 is 0 Å². The van der Waals surface area contributed by atoms with Crippen LogP contribution in [0.3, 0.4) is 0 Å². The molecule has 30 heavy (non-hydrogen) atoms. The van der Waals surface area contributed by atoms with Gasteiger partial charge in [0.25, 0.3) is 0 Å². The van der Waals surface area contributed by atoms with Gasteiger partial charge in [0.1, 0.15) is 0 Å². The van der Waals surface area contributed by atoms with Gasteiger partial charge in [-0.2, -0.15) is 0 Å². The van der Waals surface area contributed by atoms with Gasteiger partial charge in [-0.25, -0.2) is 0 Å². The minimum absolute atomic E-state index is 0.351. The van der Waals surface area contributed by atoms with E-state index in [9.17, 15) is 0 Å². The van der Waals surface area contributed by atoms with Crippen LogP contribution in [0.5, 0.6) is 0 Å². The maximum absolute atomic E-state index is 4.53. The van der Waals surface area contributed by atoms with Gasteiger partial charge in [0.05, 0.1) is 0 Å². The Balaban J connectivity index is 3.05. The molecule has 1 rings (SSSR count). The summed E-state index contributed by atoms with van der Waals surface area (Å²) in [5, 5.41) is 3.06. The number of nitrogens with zero attached hydrogens (tertiary/aromatic N) is 1. The first kappa shape index (κ1) is 26.1. The Morgan fingerprint density at radius 1 is 1.17 bits per heavy atom. The van der Waals surface area contributed by atoms with Crippen LogP contribution in [0.2, 0.25) is 0 Å². The number of allylic oxidation sites excluding steroid dienone is 2. The van der Waals surface area contributed by atoms with E-state index in [1.807, 2.05) is 13.1 Å². The van der Waals surface area contributed by atoms with Crippen molar-refractivity contribution in [3.8, 4) is 0 Å². The number of hydrogen-bond donors (Lipinski definition) is 1. The minimum Gasteiger partial charge on any atom is -0.389 e. The summed E-state index contributed by atoms with van der Waals surface area (Å²) in [4.78, 5) is 2.47. The fourth-order valence-corrected chi connectivity index (χ4v) is 4.10. The van der Waals surface area contributed by atoms with E-state index in [0.29, 0.717) is 11.3 Å². The molecule has 0 aliphatic rings. The molecule has 1 atom stereocenters. The zero-order valence-corrected chi connectivity index (χ0v) is 20.9. The van der Waals surface area contributed by atoms with Crippen molar-refractivity contribution in [2.75, 3.05) is 18.5 Å². The highest BCUT2D eigenvalue weighted by Gasteiger charge is 2.19. The Hall–Kier alpha value is -1.96. The predicted octanol–water partition coefficient (Wildman–Crippen LogP) is 7.96. The number of anilines is 1. The number of rotatable bonds is 12. The van der Waals surface area contributed by atoms with Crippen LogP contribution in [0.4, 0.5) is 5.69 Å². The Bertz CT molecular complexity index is 719. The third-order valence-corrected chi connectivity index (χ3v) is 5.40. The van der Waals surface area contributed by atoms with Gasteiger partial charge in [0.15, 0.2) is 0 Å². The molecule has 0 aromatic heterocycles. The summed E-state index contributed by atoms with van der Waals surface area (Å²) in [6, 6.07) is 6.71. The second kappa shape index (κ2) is 12.0. The number of likely N-dealkylation sites (N-methyl/N-ethyl adjacent to an activating group) is 1. The molecular formula is C28H46N2. The summed E-state index contributed by atoms with van der Waals surface area (Å²) in [6.07, 6.45) is 8.81. The highest BCUT2D eigenvalue weighted by atomic mass is 15.1. The zero-order chi connectivity index (χ0) is 22.9. The molecule has 2 nitrogen and oxygen atoms in total. The third-order valence-electron chi connectivity index (χ3n) is 5.40. The molecule has 0 saturated carbocycles. The van der Waals surface area contributed by atoms with Crippen molar-refractivity contribution in [2.45, 2.75) is 74.1 Å². The van der Waals surface area contributed by atoms with Crippen LogP contribution in [0, 0.1) is 24.2 Å². The molecule has 0 radical (unpaired) electrons. The van der Waals surface area contributed by atoms with Crippen molar-refractivity contribution in [1.29, 1.82) is 0 Å². The average Bonchev–Trinajstić information content (AvgIpc) is 2.62. The van der Waals surface area contributed by atoms with Gasteiger partial charge in [-0.1, -0.05) is 66.8 Å². The Kier molecular flexibility index (Phi) is 10.5. The molecule has 0 amide bonds. The molecule has 1 N–H and O–H groups in total. The monoisotopic (exact) mass is 410 g/mol. The molecule has 1 aromatic carbocycles. The van der Waals surface area contributed by atoms with Gasteiger partial charge in [-0.15, -0.1) is 0 Å². The van der Waals surface area contributed by atoms with Gasteiger partial charge in [-0.3, -0.25) is 0 Å². The third kappa shape index (κ3) is 9.69. The van der Waals surface area contributed by atoms with Crippen LogP contribution >= 0.6 is 0 Å². The molecule has 0 bridgehead atoms. The summed E-state index contributed by atoms with van der Waals surface area (Å²) in [7, 11) is 1.89. The lowest BCUT2D eigenvalue weighted by Gasteiger charge is -2.32. The fourth-order valence-electron chi connectivity index (χ4n) is 4.10. The highest BCUT2D eigenvalue weighted by molar-refractivity contribution is 5.63. The van der Waals surface area contributed by atoms with Crippen molar-refractivity contribution in [2.24, 2.45) is 17.3 Å². The number of benzene rings is 1. The van der Waals surface area contributed by atoms with Crippen molar-refractivity contribution < 1.29 is 0 Å². The van der Waals surface area contributed by atoms with E-state index in [0.717, 1.165) is 24.6 Å². The minimum atomic E-state index is 0.351. The Morgan fingerprint density at radius 2 is 1.83 bits per heavy atom. The second-order valence-corrected chi connectivity index (χ2v) is 10.5. The maximum Gasteiger partial charge on any atom is 0.0438 e. The average molecular weight is 411 g/mol. The van der Waals surface area contributed by atoms with Crippen LogP contribution in [0.1, 0.15) is 78.4 Å². The van der Waals surface area contributed by atoms with Crippen molar-refractivity contribution in [3.05, 3.63) is 60.0 Å². The van der Waals surface area contributed by atoms with Gasteiger partial charge in [-0.05, 0) is 79.2 Å². The van der Waals surface area contributed by atoms with E-state index in [1.54, 1.807) is 0 Å². The second-order valence-electron chi connectivity index (χ2n) is 10.5. The van der Waals surface area contributed by atoms with Crippen LogP contribution < -0.4 is 10.2 Å². The zero-order valence-electron chi connectivity index (χ0n) is 20.9. The lowest BCUT2D eigenvalue weighted by Crippen LogP contribution is -2.26. The molecule has 1 aromatic rings. The van der Waals surface area contributed by atoms with Gasteiger partial charge in [0, 0.05) is 30.7 Å². The SMILES string of the molecule is C=C(/C=C/c1ccc(N(CCCC(C)C)C(=C)CC(C)CC(C)(C)C)c(C)c1)NC. The molecular weight excluding hydrogens is 364 g/mol. The first-order chi connectivity index (χ1) is 13.9. The molecule has 1 unspecified atom stereocenters. The van der Waals surface area contributed by atoms with Crippen molar-refractivity contribution in [1.82, 2.24) is 5.32 Å². The van der Waals surface area contributed by atoms with Crippen molar-refractivity contribution >= 4 is 11.8 Å². The summed E-state index contributed by atoms with van der Waals surface area (Å²) < 4.78 is 0. The van der Waals surface area contributed by atoms with E-state index in [-0.39, 0.29) is 0 Å². The highest BCUT2D eigenvalue weighted by Crippen LogP contribution is 2.32. The summed E-state index contributed by atoms with van der Waals surface area (Å²) >= 11 is 0. The molecule has 0 saturated heterocycles. The standard InChI is InChI=1S/C28H46N2/c1-21(2)12-11-17-30(25(6)18-22(3)20-28(7,8)9)27-16-15-26(19-23(27)4)14-13-24(5)29-10/h13-16,19,21-22,29H,5-6,11-12,17-18,20H2,1-4,7-10H3/b14-13+. The molecule has 0 aliphatic heterocycles. The van der Waals surface area contributed by atoms with E-state index in [2.05, 4.69) is 96.1 Å². The molecule has 0 aliphatic carbocycles. The summed E-state index contributed by atoms with van der Waals surface area (Å²) in [5.74, 6) is 1.36. The van der Waals surface area contributed by atoms with E-state index < -0.39 is 0 Å². The van der Waals surface area contributed by atoms with Gasteiger partial charge >= 0.3 is 0 Å². The lowest BCUT2D eigenvalue weighted by atomic mass is 9.83.